The molecule has 0 spiro atoms. The second kappa shape index (κ2) is 2.40. The van der Waals surface area contributed by atoms with Gasteiger partial charge in [-0.1, -0.05) is 0 Å². The van der Waals surface area contributed by atoms with Crippen LogP contribution in [-0.2, 0) is 0 Å². The number of hydrogen-bond donors (Lipinski definition) is 1. The Hall–Kier alpha value is -0.920. The van der Waals surface area contributed by atoms with Crippen LogP contribution in [0.1, 0.15) is 0 Å². The van der Waals surface area contributed by atoms with Crippen LogP contribution in [0.4, 0.5) is 0 Å². The average molecular weight is 109 g/mol. The number of allylic oxidation sites excluding steroid dienone is 2. The van der Waals surface area contributed by atoms with E-state index in [9.17, 15) is 0 Å². The van der Waals surface area contributed by atoms with E-state index in [-0.39, 0.29) is 0 Å². The van der Waals surface area contributed by atoms with Gasteiger partial charge in [-0.25, -0.2) is 0 Å². The summed E-state index contributed by atoms with van der Waals surface area (Å²) in [6.07, 6.45) is 7.70. The van der Waals surface area contributed by atoms with Crippen molar-refractivity contribution in [2.75, 3.05) is 6.54 Å². The quantitative estimate of drug-likeness (QED) is 0.532. The average Bonchev–Trinajstić information content (AvgIpc) is 1.90. The van der Waals surface area contributed by atoms with Gasteiger partial charge in [0.05, 0.1) is 0 Å². The SMILES string of the molecule is [CH2]CN1C=CC=CN1. The van der Waals surface area contributed by atoms with Gasteiger partial charge in [-0.15, -0.1) is 0 Å². The first-order valence-electron chi connectivity index (χ1n) is 2.59. The molecule has 0 saturated carbocycles. The lowest BCUT2D eigenvalue weighted by molar-refractivity contribution is 0.344. The number of nitrogens with zero attached hydrogens (tertiary/aromatic N) is 1. The van der Waals surface area contributed by atoms with Gasteiger partial charge in [-0.3, -0.25) is 5.01 Å². The zero-order valence-electron chi connectivity index (χ0n) is 4.67. The number of nitrogens with one attached hydrogen (secondary N) is 1. The Labute approximate surface area is 49.5 Å². The fraction of sp³-hybridized carbons (Fsp3) is 0.167. The van der Waals surface area contributed by atoms with Crippen LogP contribution in [-0.4, -0.2) is 11.6 Å². The van der Waals surface area contributed by atoms with Gasteiger partial charge in [0, 0.05) is 18.9 Å². The fourth-order valence-corrected chi connectivity index (χ4v) is 0.530. The standard InChI is InChI=1S/C6H9N2/c1-2-8-6-4-3-5-7-8/h3-7H,1-2H2. The molecule has 0 aromatic carbocycles. The third-order valence-corrected chi connectivity index (χ3v) is 0.955. The van der Waals surface area contributed by atoms with Gasteiger partial charge in [0.1, 0.15) is 0 Å². The molecule has 1 radical (unpaired) electrons. The Morgan fingerprint density at radius 3 is 2.75 bits per heavy atom. The first-order valence-corrected chi connectivity index (χ1v) is 2.59. The largest absolute Gasteiger partial charge is 0.306 e. The Balaban J connectivity index is 2.40. The predicted octanol–water partition coefficient (Wildman–Crippen LogP) is 0.668. The monoisotopic (exact) mass is 109 g/mol. The smallest absolute Gasteiger partial charge is 0.0387 e. The molecule has 2 nitrogen and oxygen atoms in total. The summed E-state index contributed by atoms with van der Waals surface area (Å²) in [6.45, 7) is 4.44. The molecule has 0 bridgehead atoms. The van der Waals surface area contributed by atoms with Crippen molar-refractivity contribution >= 4 is 0 Å². The highest BCUT2D eigenvalue weighted by Crippen LogP contribution is 1.89. The van der Waals surface area contributed by atoms with Crippen LogP contribution < -0.4 is 5.43 Å². The maximum absolute atomic E-state index is 3.69. The van der Waals surface area contributed by atoms with Crippen molar-refractivity contribution in [3.63, 3.8) is 0 Å². The minimum atomic E-state index is 0.751. The minimum absolute atomic E-state index is 0.751. The second-order valence-electron chi connectivity index (χ2n) is 1.52. The molecule has 1 aliphatic rings. The summed E-state index contributed by atoms with van der Waals surface area (Å²) >= 11 is 0. The van der Waals surface area contributed by atoms with Crippen molar-refractivity contribution in [3.8, 4) is 0 Å². The molecule has 1 heterocycles. The number of rotatable bonds is 1. The van der Waals surface area contributed by atoms with E-state index in [0.717, 1.165) is 6.54 Å². The molecule has 0 aliphatic carbocycles. The summed E-state index contributed by atoms with van der Waals surface area (Å²) < 4.78 is 0. The highest BCUT2D eigenvalue weighted by atomic mass is 15.5. The highest BCUT2D eigenvalue weighted by molar-refractivity contribution is 5.04. The lowest BCUT2D eigenvalue weighted by Gasteiger charge is -2.19. The Kier molecular flexibility index (Phi) is 1.57. The van der Waals surface area contributed by atoms with E-state index in [1.165, 1.54) is 0 Å². The van der Waals surface area contributed by atoms with Crippen LogP contribution in [0.15, 0.2) is 24.6 Å². The molecule has 43 valence electrons. The van der Waals surface area contributed by atoms with E-state index in [1.807, 2.05) is 29.6 Å². The molecule has 0 atom stereocenters. The molecule has 0 fully saturated rings. The Morgan fingerprint density at radius 1 is 1.50 bits per heavy atom. The summed E-state index contributed by atoms with van der Waals surface area (Å²) in [7, 11) is 0. The van der Waals surface area contributed by atoms with Gasteiger partial charge < -0.3 is 5.43 Å². The molecule has 0 aromatic heterocycles. The normalized spacial score (nSPS) is 16.4. The van der Waals surface area contributed by atoms with Crippen LogP contribution in [0.3, 0.4) is 0 Å². The van der Waals surface area contributed by atoms with Crippen molar-refractivity contribution in [2.24, 2.45) is 0 Å². The highest BCUT2D eigenvalue weighted by Gasteiger charge is 1.89. The van der Waals surface area contributed by atoms with Gasteiger partial charge in [0.25, 0.3) is 0 Å². The topological polar surface area (TPSA) is 15.3 Å². The lowest BCUT2D eigenvalue weighted by atomic mass is 10.5. The van der Waals surface area contributed by atoms with Gasteiger partial charge >= 0.3 is 0 Å². The van der Waals surface area contributed by atoms with Crippen LogP contribution in [0.2, 0.25) is 0 Å². The van der Waals surface area contributed by atoms with Crippen molar-refractivity contribution in [1.29, 1.82) is 0 Å². The van der Waals surface area contributed by atoms with Crippen LogP contribution in [0.5, 0.6) is 0 Å². The van der Waals surface area contributed by atoms with E-state index in [4.69, 9.17) is 0 Å². The van der Waals surface area contributed by atoms with E-state index >= 15 is 0 Å². The lowest BCUT2D eigenvalue weighted by Crippen LogP contribution is -2.29. The van der Waals surface area contributed by atoms with Gasteiger partial charge in [0.15, 0.2) is 0 Å². The zero-order valence-corrected chi connectivity index (χ0v) is 4.67. The van der Waals surface area contributed by atoms with E-state index in [1.54, 1.807) is 0 Å². The summed E-state index contributed by atoms with van der Waals surface area (Å²) in [5.41, 5.74) is 2.97. The first-order chi connectivity index (χ1) is 3.93. The van der Waals surface area contributed by atoms with Gasteiger partial charge in [-0.2, -0.15) is 0 Å². The van der Waals surface area contributed by atoms with Crippen LogP contribution in [0, 0.1) is 6.92 Å². The van der Waals surface area contributed by atoms with Gasteiger partial charge in [0.2, 0.25) is 0 Å². The van der Waals surface area contributed by atoms with Gasteiger partial charge in [-0.05, 0) is 19.1 Å². The minimum Gasteiger partial charge on any atom is -0.306 e. The maximum atomic E-state index is 3.69. The third kappa shape index (κ3) is 1.03. The number of hydrazine groups is 1. The molecule has 0 unspecified atom stereocenters. The Bertz CT molecular complexity index is 116. The molecule has 1 rings (SSSR count). The van der Waals surface area contributed by atoms with Crippen molar-refractivity contribution in [1.82, 2.24) is 10.4 Å². The van der Waals surface area contributed by atoms with Crippen molar-refractivity contribution in [3.05, 3.63) is 31.5 Å². The van der Waals surface area contributed by atoms with E-state index in [0.29, 0.717) is 0 Å². The van der Waals surface area contributed by atoms with E-state index in [2.05, 4.69) is 12.3 Å². The van der Waals surface area contributed by atoms with Crippen molar-refractivity contribution < 1.29 is 0 Å². The molecule has 0 saturated heterocycles. The summed E-state index contributed by atoms with van der Waals surface area (Å²) in [5, 5.41) is 1.89. The zero-order chi connectivity index (χ0) is 5.82. The summed E-state index contributed by atoms with van der Waals surface area (Å²) in [5.74, 6) is 0. The molecular formula is C6H9N2. The molecule has 1 aliphatic heterocycles. The summed E-state index contributed by atoms with van der Waals surface area (Å²) in [6, 6.07) is 0. The Morgan fingerprint density at radius 2 is 2.38 bits per heavy atom. The van der Waals surface area contributed by atoms with Crippen LogP contribution in [0.25, 0.3) is 0 Å². The van der Waals surface area contributed by atoms with Crippen LogP contribution >= 0.6 is 0 Å². The molecule has 1 N–H and O–H groups in total. The molecular weight excluding hydrogens is 100 g/mol. The summed E-state index contributed by atoms with van der Waals surface area (Å²) in [4.78, 5) is 0. The van der Waals surface area contributed by atoms with E-state index < -0.39 is 0 Å². The molecule has 2 heteroatoms. The molecule has 0 aromatic rings. The predicted molar refractivity (Wildman–Crippen MR) is 33.5 cm³/mol. The molecule has 0 amide bonds. The fourth-order valence-electron chi connectivity index (χ4n) is 0.530. The van der Waals surface area contributed by atoms with Crippen molar-refractivity contribution in [2.45, 2.75) is 0 Å². The molecule has 8 heavy (non-hydrogen) atoms. The second-order valence-corrected chi connectivity index (χ2v) is 1.52. The maximum Gasteiger partial charge on any atom is 0.0387 e. The third-order valence-electron chi connectivity index (χ3n) is 0.955. The first kappa shape index (κ1) is 5.22. The number of hydrogen-bond acceptors (Lipinski definition) is 2.